The number of anilines is 1. The van der Waals surface area contributed by atoms with Crippen molar-refractivity contribution < 1.29 is 28.0 Å². The van der Waals surface area contributed by atoms with Gasteiger partial charge in [0.1, 0.15) is 0 Å². The molecule has 11 heteroatoms. The molecule has 0 radical (unpaired) electrons. The lowest BCUT2D eigenvalue weighted by Crippen LogP contribution is -2.64. The van der Waals surface area contributed by atoms with Crippen LogP contribution in [-0.4, -0.2) is 55.0 Å². The molecular weight excluding hydrogens is 376 g/mol. The molecule has 1 aromatic carbocycles. The Labute approximate surface area is 155 Å². The van der Waals surface area contributed by atoms with E-state index in [2.05, 4.69) is 16.0 Å². The summed E-state index contributed by atoms with van der Waals surface area (Å²) in [6, 6.07) is 3.35. The summed E-state index contributed by atoms with van der Waals surface area (Å²) >= 11 is 0. The minimum Gasteiger partial charge on any atom is -0.341 e. The maximum absolute atomic E-state index is 13.2. The molecule has 3 rings (SSSR count). The first-order valence-corrected chi connectivity index (χ1v) is 9.96. The fourth-order valence-corrected chi connectivity index (χ4v) is 5.59. The van der Waals surface area contributed by atoms with Gasteiger partial charge in [-0.2, -0.15) is 0 Å². The van der Waals surface area contributed by atoms with Gasteiger partial charge in [0.15, 0.2) is 9.84 Å². The predicted molar refractivity (Wildman–Crippen MR) is 93.8 cm³/mol. The third kappa shape index (κ3) is 3.47. The van der Waals surface area contributed by atoms with Gasteiger partial charge in [0, 0.05) is 12.7 Å². The highest BCUT2D eigenvalue weighted by Gasteiger charge is 2.50. The first kappa shape index (κ1) is 19.1. The highest BCUT2D eigenvalue weighted by molar-refractivity contribution is 7.92. The van der Waals surface area contributed by atoms with E-state index in [1.807, 2.05) is 0 Å². The second kappa shape index (κ2) is 7.16. The molecule has 1 aromatic rings. The summed E-state index contributed by atoms with van der Waals surface area (Å²) in [5.74, 6) is -1.59. The van der Waals surface area contributed by atoms with Gasteiger partial charge in [-0.25, -0.2) is 18.0 Å². The van der Waals surface area contributed by atoms with Crippen molar-refractivity contribution in [3.05, 3.63) is 24.3 Å². The fourth-order valence-electron chi connectivity index (χ4n) is 3.56. The number of hydroxylamine groups is 2. The number of nitrogens with one attached hydrogen (secondary N) is 3. The molecule has 3 atom stereocenters. The van der Waals surface area contributed by atoms with Crippen molar-refractivity contribution >= 4 is 33.5 Å². The summed E-state index contributed by atoms with van der Waals surface area (Å²) in [6.45, 7) is 0. The van der Waals surface area contributed by atoms with Crippen LogP contribution in [0, 0.1) is 5.92 Å². The number of nitrogens with zero attached hydrogens (tertiary/aromatic N) is 1. The molecule has 1 aliphatic heterocycles. The van der Waals surface area contributed by atoms with Crippen molar-refractivity contribution in [3.8, 4) is 0 Å². The Bertz CT molecular complexity index is 887. The van der Waals surface area contributed by atoms with E-state index >= 15 is 0 Å². The predicted octanol–water partition coefficient (Wildman–Crippen LogP) is 0.690. The number of carbonyl (C=O) groups excluding carboxylic acids is 3. The number of hydrogen-bond donors (Lipinski definition) is 4. The standard InChI is InChI=1S/C16H20N4O6S/c1-17-15(22)18-9-4-2-5-10(8-9)27(25,26)12-7-3-6-11-13(12)19-16(23)20(24)14(11)21/h2,4-5,8,11-13,24H,3,6-7H2,1H3,(H,19,23)(H2,17,18,22). The number of rotatable bonds is 3. The van der Waals surface area contributed by atoms with Crippen LogP contribution < -0.4 is 16.0 Å². The highest BCUT2D eigenvalue weighted by atomic mass is 32.2. The first-order chi connectivity index (χ1) is 12.8. The molecule has 1 saturated heterocycles. The summed E-state index contributed by atoms with van der Waals surface area (Å²) in [4.78, 5) is 35.4. The zero-order valence-corrected chi connectivity index (χ0v) is 15.3. The van der Waals surface area contributed by atoms with Crippen molar-refractivity contribution in [2.24, 2.45) is 5.92 Å². The second-order valence-electron chi connectivity index (χ2n) is 6.48. The van der Waals surface area contributed by atoms with Gasteiger partial charge in [0.2, 0.25) is 0 Å². The Kier molecular flexibility index (Phi) is 5.07. The van der Waals surface area contributed by atoms with Gasteiger partial charge in [-0.3, -0.25) is 10.0 Å². The number of amides is 5. The summed E-state index contributed by atoms with van der Waals surface area (Å²) in [6.07, 6.45) is 1.12. The van der Waals surface area contributed by atoms with Crippen molar-refractivity contribution in [3.63, 3.8) is 0 Å². The molecule has 0 spiro atoms. The van der Waals surface area contributed by atoms with Crippen LogP contribution in [0.5, 0.6) is 0 Å². The minimum atomic E-state index is -3.90. The maximum atomic E-state index is 13.2. The topological polar surface area (TPSA) is 145 Å². The fraction of sp³-hybridized carbons (Fsp3) is 0.438. The van der Waals surface area contributed by atoms with Crippen molar-refractivity contribution in [1.29, 1.82) is 0 Å². The van der Waals surface area contributed by atoms with E-state index in [1.165, 1.54) is 25.2 Å². The monoisotopic (exact) mass is 396 g/mol. The Morgan fingerprint density at radius 2 is 2.04 bits per heavy atom. The van der Waals surface area contributed by atoms with E-state index in [9.17, 15) is 28.0 Å². The molecule has 0 bridgehead atoms. The zero-order valence-electron chi connectivity index (χ0n) is 14.5. The SMILES string of the molecule is CNC(=O)Nc1cccc(S(=O)(=O)C2CCCC3C(=O)N(O)C(=O)NC32)c1. The van der Waals surface area contributed by atoms with E-state index in [-0.39, 0.29) is 16.4 Å². The molecule has 10 nitrogen and oxygen atoms in total. The molecule has 1 saturated carbocycles. The van der Waals surface area contributed by atoms with Crippen molar-refractivity contribution in [1.82, 2.24) is 15.7 Å². The lowest BCUT2D eigenvalue weighted by Gasteiger charge is -2.41. The van der Waals surface area contributed by atoms with E-state index in [0.29, 0.717) is 18.5 Å². The lowest BCUT2D eigenvalue weighted by molar-refractivity contribution is -0.163. The second-order valence-corrected chi connectivity index (χ2v) is 8.65. The van der Waals surface area contributed by atoms with Gasteiger partial charge in [-0.15, -0.1) is 5.06 Å². The molecule has 2 fully saturated rings. The Morgan fingerprint density at radius 3 is 2.74 bits per heavy atom. The summed E-state index contributed by atoms with van der Waals surface area (Å²) in [5, 5.41) is 15.8. The first-order valence-electron chi connectivity index (χ1n) is 8.41. The number of urea groups is 2. The highest BCUT2D eigenvalue weighted by Crippen LogP contribution is 2.35. The van der Waals surface area contributed by atoms with E-state index in [1.54, 1.807) is 6.07 Å². The normalized spacial score (nSPS) is 25.4. The summed E-state index contributed by atoms with van der Waals surface area (Å²) in [5.41, 5.74) is 0.299. The molecule has 27 heavy (non-hydrogen) atoms. The third-order valence-electron chi connectivity index (χ3n) is 4.89. The molecule has 2 aliphatic rings. The Balaban J connectivity index is 1.92. The van der Waals surface area contributed by atoms with E-state index in [4.69, 9.17) is 0 Å². The van der Waals surface area contributed by atoms with Crippen LogP contribution in [0.25, 0.3) is 0 Å². The number of hydrogen-bond acceptors (Lipinski definition) is 6. The van der Waals surface area contributed by atoms with Gasteiger partial charge >= 0.3 is 12.1 Å². The summed E-state index contributed by atoms with van der Waals surface area (Å²) < 4.78 is 26.4. The van der Waals surface area contributed by atoms with Crippen LogP contribution in [0.15, 0.2) is 29.2 Å². The number of benzene rings is 1. The van der Waals surface area contributed by atoms with Gasteiger partial charge in [0.05, 0.1) is 22.1 Å². The molecule has 4 N–H and O–H groups in total. The number of carbonyl (C=O) groups is 3. The lowest BCUT2D eigenvalue weighted by atomic mass is 9.82. The van der Waals surface area contributed by atoms with Crippen LogP contribution in [-0.2, 0) is 14.6 Å². The van der Waals surface area contributed by atoms with Gasteiger partial charge < -0.3 is 16.0 Å². The van der Waals surface area contributed by atoms with Crippen LogP contribution in [0.4, 0.5) is 15.3 Å². The Hall–Kier alpha value is -2.66. The third-order valence-corrected chi connectivity index (χ3v) is 7.13. The summed E-state index contributed by atoms with van der Waals surface area (Å²) in [7, 11) is -2.46. The van der Waals surface area contributed by atoms with Crippen molar-refractivity contribution in [2.45, 2.75) is 35.4 Å². The number of imide groups is 1. The average Bonchev–Trinajstić information content (AvgIpc) is 2.66. The molecule has 1 heterocycles. The van der Waals surface area contributed by atoms with Crippen LogP contribution >= 0.6 is 0 Å². The quantitative estimate of drug-likeness (QED) is 0.553. The van der Waals surface area contributed by atoms with Crippen LogP contribution in [0.3, 0.4) is 0 Å². The molecule has 146 valence electrons. The zero-order chi connectivity index (χ0) is 19.8. The molecular formula is C16H20N4O6S. The van der Waals surface area contributed by atoms with Gasteiger partial charge in [0.25, 0.3) is 5.91 Å². The largest absolute Gasteiger partial charge is 0.348 e. The van der Waals surface area contributed by atoms with Crippen LogP contribution in [0.2, 0.25) is 0 Å². The maximum Gasteiger partial charge on any atom is 0.348 e. The molecule has 1 aliphatic carbocycles. The number of fused-ring (bicyclic) bond motifs is 1. The Morgan fingerprint density at radius 1 is 1.30 bits per heavy atom. The van der Waals surface area contributed by atoms with Crippen LogP contribution in [0.1, 0.15) is 19.3 Å². The van der Waals surface area contributed by atoms with Crippen molar-refractivity contribution in [2.75, 3.05) is 12.4 Å². The van der Waals surface area contributed by atoms with E-state index in [0.717, 1.165) is 0 Å². The van der Waals surface area contributed by atoms with E-state index < -0.39 is 45.0 Å². The minimum absolute atomic E-state index is 0.00404. The molecule has 5 amide bonds. The molecule has 3 unspecified atom stereocenters. The van der Waals surface area contributed by atoms with Gasteiger partial charge in [-0.1, -0.05) is 12.5 Å². The smallest absolute Gasteiger partial charge is 0.341 e. The molecule has 0 aromatic heterocycles. The number of sulfone groups is 1. The van der Waals surface area contributed by atoms with Gasteiger partial charge in [-0.05, 0) is 31.0 Å². The average molecular weight is 396 g/mol.